The number of aryl methyl sites for hydroxylation is 1. The molecule has 0 unspecified atom stereocenters. The van der Waals surface area contributed by atoms with E-state index in [1.165, 1.54) is 50.3 Å². The van der Waals surface area contributed by atoms with Crippen molar-refractivity contribution in [3.63, 3.8) is 0 Å². The monoisotopic (exact) mass is 369 g/mol. The zero-order chi connectivity index (χ0) is 19.2. The fraction of sp³-hybridized carbons (Fsp3) is 0.400. The van der Waals surface area contributed by atoms with Gasteiger partial charge < -0.3 is 10.1 Å². The number of ether oxygens (including phenoxy) is 1. The van der Waals surface area contributed by atoms with Gasteiger partial charge in [0.1, 0.15) is 0 Å². The van der Waals surface area contributed by atoms with E-state index in [-0.39, 0.29) is 11.6 Å². The number of nitro groups is 1. The first-order chi connectivity index (χ1) is 13.0. The molecule has 1 aromatic heterocycles. The topological polar surface area (TPSA) is 94.4 Å². The van der Waals surface area contributed by atoms with E-state index in [9.17, 15) is 14.9 Å². The Morgan fingerprint density at radius 2 is 2.07 bits per heavy atom. The molecule has 1 aliphatic rings. The van der Waals surface area contributed by atoms with Crippen LogP contribution in [0.3, 0.4) is 0 Å². The van der Waals surface area contributed by atoms with E-state index >= 15 is 0 Å². The second-order valence-corrected chi connectivity index (χ2v) is 6.88. The van der Waals surface area contributed by atoms with Gasteiger partial charge in [-0.1, -0.05) is 19.3 Å². The first-order valence-corrected chi connectivity index (χ1v) is 9.19. The summed E-state index contributed by atoms with van der Waals surface area (Å²) in [6.07, 6.45) is 7.70. The van der Waals surface area contributed by atoms with E-state index in [2.05, 4.69) is 10.3 Å². The van der Waals surface area contributed by atoms with Gasteiger partial charge in [-0.3, -0.25) is 14.9 Å². The van der Waals surface area contributed by atoms with Gasteiger partial charge in [0.05, 0.1) is 11.5 Å². The van der Waals surface area contributed by atoms with Crippen LogP contribution in [0.25, 0.3) is 0 Å². The van der Waals surface area contributed by atoms with Crippen LogP contribution in [-0.2, 0) is 0 Å². The molecule has 1 aliphatic carbocycles. The van der Waals surface area contributed by atoms with Crippen molar-refractivity contribution >= 4 is 17.4 Å². The predicted octanol–water partition coefficient (Wildman–Crippen LogP) is 4.51. The van der Waals surface area contributed by atoms with Gasteiger partial charge in [-0.05, 0) is 49.9 Å². The molecule has 0 saturated heterocycles. The van der Waals surface area contributed by atoms with Crippen LogP contribution in [-0.4, -0.2) is 22.4 Å². The Labute approximate surface area is 157 Å². The molecule has 7 nitrogen and oxygen atoms in total. The van der Waals surface area contributed by atoms with Gasteiger partial charge in [-0.2, -0.15) is 0 Å². The van der Waals surface area contributed by atoms with E-state index < -0.39 is 4.92 Å². The van der Waals surface area contributed by atoms with E-state index in [1.54, 1.807) is 25.3 Å². The minimum Gasteiger partial charge on any atom is -0.489 e. The normalized spacial score (nSPS) is 14.6. The molecule has 1 N–H and O–H groups in total. The SMILES string of the molecule is Cc1cc(C(=O)Nc2ncccc2OCC2CCCCC2)ccc1[N+](=O)[O-]. The Bertz CT molecular complexity index is 832. The number of pyridine rings is 1. The van der Waals surface area contributed by atoms with Crippen LogP contribution in [0.5, 0.6) is 5.75 Å². The van der Waals surface area contributed by atoms with Crippen molar-refractivity contribution in [3.8, 4) is 5.75 Å². The van der Waals surface area contributed by atoms with Crippen LogP contribution in [0.15, 0.2) is 36.5 Å². The predicted molar refractivity (Wildman–Crippen MR) is 102 cm³/mol. The van der Waals surface area contributed by atoms with Crippen molar-refractivity contribution in [2.75, 3.05) is 11.9 Å². The highest BCUT2D eigenvalue weighted by atomic mass is 16.6. The lowest BCUT2D eigenvalue weighted by atomic mass is 9.90. The van der Waals surface area contributed by atoms with Crippen LogP contribution < -0.4 is 10.1 Å². The Hall–Kier alpha value is -2.96. The summed E-state index contributed by atoms with van der Waals surface area (Å²) in [5.41, 5.74) is 0.755. The van der Waals surface area contributed by atoms with Gasteiger partial charge in [0, 0.05) is 23.4 Å². The average molecular weight is 369 g/mol. The summed E-state index contributed by atoms with van der Waals surface area (Å²) in [5, 5.41) is 13.7. The largest absolute Gasteiger partial charge is 0.489 e. The van der Waals surface area contributed by atoms with E-state index in [0.717, 1.165) is 0 Å². The number of nitrogens with one attached hydrogen (secondary N) is 1. The van der Waals surface area contributed by atoms with Crippen molar-refractivity contribution in [3.05, 3.63) is 57.8 Å². The average Bonchev–Trinajstić information content (AvgIpc) is 2.67. The Balaban J connectivity index is 1.69. The summed E-state index contributed by atoms with van der Waals surface area (Å²) in [4.78, 5) is 27.2. The van der Waals surface area contributed by atoms with E-state index in [4.69, 9.17) is 4.74 Å². The number of aromatic nitrogens is 1. The second-order valence-electron chi connectivity index (χ2n) is 6.88. The maximum Gasteiger partial charge on any atom is 0.272 e. The third kappa shape index (κ3) is 4.81. The minimum atomic E-state index is -0.465. The highest BCUT2D eigenvalue weighted by Crippen LogP contribution is 2.27. The maximum absolute atomic E-state index is 12.5. The highest BCUT2D eigenvalue weighted by molar-refractivity contribution is 6.04. The molecule has 0 aliphatic heterocycles. The molecule has 1 aromatic carbocycles. The molecule has 3 rings (SSSR count). The van der Waals surface area contributed by atoms with E-state index in [1.807, 2.05) is 0 Å². The Morgan fingerprint density at radius 1 is 1.30 bits per heavy atom. The number of amides is 1. The number of anilines is 1. The molecule has 2 aromatic rings. The number of benzene rings is 1. The van der Waals surface area contributed by atoms with Crippen LogP contribution in [0.2, 0.25) is 0 Å². The maximum atomic E-state index is 12.5. The minimum absolute atomic E-state index is 0.0131. The number of nitro benzene ring substituents is 1. The van der Waals surface area contributed by atoms with Crippen LogP contribution in [0.1, 0.15) is 48.0 Å². The third-order valence-corrected chi connectivity index (χ3v) is 4.86. The van der Waals surface area contributed by atoms with E-state index in [0.29, 0.717) is 35.2 Å². The lowest BCUT2D eigenvalue weighted by molar-refractivity contribution is -0.385. The van der Waals surface area contributed by atoms with Crippen molar-refractivity contribution < 1.29 is 14.5 Å². The first kappa shape index (κ1) is 18.8. The number of hydrogen-bond acceptors (Lipinski definition) is 5. The number of carbonyl (C=O) groups excluding carboxylic acids is 1. The molecule has 1 amide bonds. The zero-order valence-corrected chi connectivity index (χ0v) is 15.3. The molecule has 1 fully saturated rings. The Kier molecular flexibility index (Phi) is 6.01. The van der Waals surface area contributed by atoms with Gasteiger partial charge in [0.25, 0.3) is 11.6 Å². The van der Waals surface area contributed by atoms with Gasteiger partial charge >= 0.3 is 0 Å². The quantitative estimate of drug-likeness (QED) is 0.597. The standard InChI is InChI=1S/C20H23N3O4/c1-14-12-16(9-10-17(14)23(25)26)20(24)22-19-18(8-5-11-21-19)27-13-15-6-3-2-4-7-15/h5,8-12,15H,2-4,6-7,13H2,1H3,(H,21,22,24). The molecule has 142 valence electrons. The van der Waals surface area contributed by atoms with Gasteiger partial charge in [-0.25, -0.2) is 4.98 Å². The molecule has 1 heterocycles. The van der Waals surface area contributed by atoms with Gasteiger partial charge in [-0.15, -0.1) is 0 Å². The second kappa shape index (κ2) is 8.62. The highest BCUT2D eigenvalue weighted by Gasteiger charge is 2.18. The molecule has 0 atom stereocenters. The smallest absolute Gasteiger partial charge is 0.272 e. The molecule has 1 saturated carbocycles. The molecule has 7 heteroatoms. The Morgan fingerprint density at radius 3 is 2.78 bits per heavy atom. The molecule has 0 radical (unpaired) electrons. The third-order valence-electron chi connectivity index (χ3n) is 4.86. The summed E-state index contributed by atoms with van der Waals surface area (Å²) in [7, 11) is 0. The van der Waals surface area contributed by atoms with Crippen molar-refractivity contribution in [1.82, 2.24) is 4.98 Å². The molecule has 0 spiro atoms. The van der Waals surface area contributed by atoms with Crippen molar-refractivity contribution in [2.24, 2.45) is 5.92 Å². The number of hydrogen-bond donors (Lipinski definition) is 1. The summed E-state index contributed by atoms with van der Waals surface area (Å²) in [5.74, 6) is 1.05. The summed E-state index contributed by atoms with van der Waals surface area (Å²) in [6.45, 7) is 2.22. The summed E-state index contributed by atoms with van der Waals surface area (Å²) in [6, 6.07) is 7.82. The molecule has 27 heavy (non-hydrogen) atoms. The number of carbonyl (C=O) groups is 1. The molecular weight excluding hydrogens is 346 g/mol. The summed E-state index contributed by atoms with van der Waals surface area (Å²) >= 11 is 0. The first-order valence-electron chi connectivity index (χ1n) is 9.19. The van der Waals surface area contributed by atoms with Crippen LogP contribution in [0, 0.1) is 23.0 Å². The summed E-state index contributed by atoms with van der Waals surface area (Å²) < 4.78 is 5.92. The molecular formula is C20H23N3O4. The lowest BCUT2D eigenvalue weighted by Gasteiger charge is -2.22. The van der Waals surface area contributed by atoms with Crippen LogP contribution in [0.4, 0.5) is 11.5 Å². The van der Waals surface area contributed by atoms with Crippen molar-refractivity contribution in [2.45, 2.75) is 39.0 Å². The number of nitrogens with zero attached hydrogens (tertiary/aromatic N) is 2. The van der Waals surface area contributed by atoms with Crippen molar-refractivity contribution in [1.29, 1.82) is 0 Å². The lowest BCUT2D eigenvalue weighted by Crippen LogP contribution is -2.18. The fourth-order valence-corrected chi connectivity index (χ4v) is 3.34. The fourth-order valence-electron chi connectivity index (χ4n) is 3.34. The van der Waals surface area contributed by atoms with Gasteiger partial charge in [0.2, 0.25) is 0 Å². The van der Waals surface area contributed by atoms with Crippen LogP contribution >= 0.6 is 0 Å². The zero-order valence-electron chi connectivity index (χ0n) is 15.3. The van der Waals surface area contributed by atoms with Gasteiger partial charge in [0.15, 0.2) is 11.6 Å². The molecule has 0 bridgehead atoms. The number of rotatable bonds is 6.